The van der Waals surface area contributed by atoms with Gasteiger partial charge in [-0.2, -0.15) is 0 Å². The van der Waals surface area contributed by atoms with Crippen LogP contribution in [0.2, 0.25) is 0 Å². The van der Waals surface area contributed by atoms with Crippen LogP contribution >= 0.6 is 0 Å². The highest BCUT2D eigenvalue weighted by Crippen LogP contribution is 2.24. The second-order valence-electron chi connectivity index (χ2n) is 7.43. The van der Waals surface area contributed by atoms with E-state index in [0.717, 1.165) is 6.54 Å². The summed E-state index contributed by atoms with van der Waals surface area (Å²) in [6, 6.07) is 8.80. The van der Waals surface area contributed by atoms with Gasteiger partial charge in [0.15, 0.2) is 0 Å². The summed E-state index contributed by atoms with van der Waals surface area (Å²) >= 11 is 0. The third-order valence-corrected chi connectivity index (χ3v) is 3.69. The normalized spacial score (nSPS) is 16.1. The van der Waals surface area contributed by atoms with E-state index in [2.05, 4.69) is 49.9 Å². The molecule has 0 N–H and O–H groups in total. The number of benzene rings is 1. The first-order valence-corrected chi connectivity index (χ1v) is 7.50. The summed E-state index contributed by atoms with van der Waals surface area (Å²) in [5.74, 6) is 0. The highest BCUT2D eigenvalue weighted by molar-refractivity contribution is 5.29. The number of rotatable bonds is 0. The minimum Gasteiger partial charge on any atom is -0.379 e. The third-order valence-electron chi connectivity index (χ3n) is 3.69. The first-order valence-electron chi connectivity index (χ1n) is 7.50. The fourth-order valence-corrected chi connectivity index (χ4v) is 2.07. The van der Waals surface area contributed by atoms with E-state index in [-0.39, 0.29) is 5.60 Å². The highest BCUT2D eigenvalue weighted by Gasteiger charge is 2.24. The van der Waals surface area contributed by atoms with Crippen LogP contribution in [0, 0.1) is 0 Å². The predicted molar refractivity (Wildman–Crippen MR) is 87.1 cm³/mol. The van der Waals surface area contributed by atoms with Crippen molar-refractivity contribution in [2.75, 3.05) is 13.7 Å². The van der Waals surface area contributed by atoms with Gasteiger partial charge in [-0.3, -0.25) is 4.90 Å². The largest absolute Gasteiger partial charge is 0.379 e. The van der Waals surface area contributed by atoms with E-state index in [4.69, 9.17) is 4.74 Å². The molecule has 1 aliphatic heterocycles. The fourth-order valence-electron chi connectivity index (χ4n) is 2.07. The maximum absolute atomic E-state index is 4.94. The second kappa shape index (κ2) is 6.73. The third kappa shape index (κ3) is 5.64. The van der Waals surface area contributed by atoms with Gasteiger partial charge in [0.05, 0.1) is 5.60 Å². The van der Waals surface area contributed by atoms with Crippen LogP contribution in [0.1, 0.15) is 52.7 Å². The molecule has 1 heterocycles. The van der Waals surface area contributed by atoms with Gasteiger partial charge in [0, 0.05) is 25.7 Å². The van der Waals surface area contributed by atoms with E-state index >= 15 is 0 Å². The molecular formula is C18H31NO. The topological polar surface area (TPSA) is 12.5 Å². The Hall–Kier alpha value is -0.860. The van der Waals surface area contributed by atoms with E-state index < -0.39 is 0 Å². The Balaban J connectivity index is 0.000000286. The second-order valence-corrected chi connectivity index (χ2v) is 7.43. The number of hydrogen-bond acceptors (Lipinski definition) is 2. The van der Waals surface area contributed by atoms with Gasteiger partial charge in [-0.05, 0) is 59.1 Å². The molecule has 0 unspecified atom stereocenters. The molecule has 0 fully saturated rings. The lowest BCUT2D eigenvalue weighted by Gasteiger charge is -2.39. The smallest absolute Gasteiger partial charge is 0.0594 e. The molecule has 0 saturated heterocycles. The van der Waals surface area contributed by atoms with Crippen LogP contribution in [0.25, 0.3) is 0 Å². The van der Waals surface area contributed by atoms with Crippen molar-refractivity contribution >= 4 is 0 Å². The minimum atomic E-state index is 0.0417. The molecule has 0 saturated carbocycles. The maximum atomic E-state index is 4.94. The van der Waals surface area contributed by atoms with Crippen LogP contribution in [0.3, 0.4) is 0 Å². The van der Waals surface area contributed by atoms with Crippen molar-refractivity contribution < 1.29 is 4.74 Å². The van der Waals surface area contributed by atoms with Crippen LogP contribution in [0.4, 0.5) is 0 Å². The number of ether oxygens (including phenoxy) is 1. The van der Waals surface area contributed by atoms with Crippen LogP contribution < -0.4 is 0 Å². The summed E-state index contributed by atoms with van der Waals surface area (Å²) in [6.45, 7) is 15.2. The van der Waals surface area contributed by atoms with Crippen molar-refractivity contribution in [3.63, 3.8) is 0 Å². The van der Waals surface area contributed by atoms with Crippen molar-refractivity contribution in [3.05, 3.63) is 35.4 Å². The Labute approximate surface area is 125 Å². The van der Waals surface area contributed by atoms with Crippen LogP contribution in [0.5, 0.6) is 0 Å². The summed E-state index contributed by atoms with van der Waals surface area (Å²) in [6.07, 6.45) is 1.20. The molecule has 0 bridgehead atoms. The van der Waals surface area contributed by atoms with Gasteiger partial charge in [-0.15, -0.1) is 0 Å². The fraction of sp³-hybridized carbons (Fsp3) is 0.667. The average molecular weight is 277 g/mol. The lowest BCUT2D eigenvalue weighted by atomic mass is 9.95. The van der Waals surface area contributed by atoms with Crippen molar-refractivity contribution in [3.8, 4) is 0 Å². The summed E-state index contributed by atoms with van der Waals surface area (Å²) in [7, 11) is 1.71. The Morgan fingerprint density at radius 1 is 0.950 bits per heavy atom. The number of nitrogens with zero attached hydrogens (tertiary/aromatic N) is 1. The summed E-state index contributed by atoms with van der Waals surface area (Å²) in [5.41, 5.74) is 3.38. The molecule has 0 amide bonds. The molecule has 1 aromatic carbocycles. The number of fused-ring (bicyclic) bond motifs is 1. The monoisotopic (exact) mass is 277 g/mol. The first kappa shape index (κ1) is 17.2. The van der Waals surface area contributed by atoms with Gasteiger partial charge in [-0.25, -0.2) is 0 Å². The van der Waals surface area contributed by atoms with E-state index in [1.807, 2.05) is 20.8 Å². The van der Waals surface area contributed by atoms with Crippen molar-refractivity contribution in [2.45, 2.75) is 65.6 Å². The van der Waals surface area contributed by atoms with E-state index in [1.54, 1.807) is 7.11 Å². The van der Waals surface area contributed by atoms with E-state index in [1.165, 1.54) is 24.1 Å². The van der Waals surface area contributed by atoms with Gasteiger partial charge >= 0.3 is 0 Å². The van der Waals surface area contributed by atoms with Crippen LogP contribution in [0.15, 0.2) is 24.3 Å². The minimum absolute atomic E-state index is 0.0417. The van der Waals surface area contributed by atoms with Gasteiger partial charge in [0.1, 0.15) is 0 Å². The molecule has 2 heteroatoms. The average Bonchev–Trinajstić information content (AvgIpc) is 2.37. The molecule has 0 spiro atoms. The van der Waals surface area contributed by atoms with Crippen molar-refractivity contribution in [1.82, 2.24) is 4.90 Å². The Morgan fingerprint density at radius 2 is 1.45 bits per heavy atom. The lowest BCUT2D eigenvalue weighted by molar-refractivity contribution is 0.0397. The van der Waals surface area contributed by atoms with Gasteiger partial charge in [0.2, 0.25) is 0 Å². The van der Waals surface area contributed by atoms with E-state index in [9.17, 15) is 0 Å². The molecule has 1 aromatic rings. The Morgan fingerprint density at radius 3 is 1.90 bits per heavy atom. The molecule has 1 aliphatic rings. The lowest BCUT2D eigenvalue weighted by Crippen LogP contribution is -2.44. The predicted octanol–water partition coefficient (Wildman–Crippen LogP) is 4.27. The zero-order chi connectivity index (χ0) is 15.4. The van der Waals surface area contributed by atoms with Gasteiger partial charge in [0.25, 0.3) is 0 Å². The molecule has 2 rings (SSSR count). The summed E-state index contributed by atoms with van der Waals surface area (Å²) < 4.78 is 4.94. The molecule has 0 radical (unpaired) electrons. The van der Waals surface area contributed by atoms with Crippen LogP contribution in [-0.4, -0.2) is 29.7 Å². The Bertz CT molecular complexity index is 412. The van der Waals surface area contributed by atoms with Crippen molar-refractivity contribution in [1.29, 1.82) is 0 Å². The zero-order valence-corrected chi connectivity index (χ0v) is 14.3. The zero-order valence-electron chi connectivity index (χ0n) is 14.3. The quantitative estimate of drug-likeness (QED) is 0.702. The molecule has 0 atom stereocenters. The number of hydrogen-bond donors (Lipinski definition) is 0. The molecule has 0 aromatic heterocycles. The van der Waals surface area contributed by atoms with Crippen LogP contribution in [-0.2, 0) is 17.7 Å². The first-order chi connectivity index (χ1) is 9.13. The summed E-state index contributed by atoms with van der Waals surface area (Å²) in [5, 5.41) is 0. The van der Waals surface area contributed by atoms with Gasteiger partial charge in [-0.1, -0.05) is 24.3 Å². The molecule has 20 heavy (non-hydrogen) atoms. The molecular weight excluding hydrogens is 246 g/mol. The molecule has 2 nitrogen and oxygen atoms in total. The molecule has 114 valence electrons. The Kier molecular flexibility index (Phi) is 5.79. The van der Waals surface area contributed by atoms with E-state index in [0.29, 0.717) is 5.54 Å². The molecule has 0 aliphatic carbocycles. The standard InChI is InChI=1S/C13H19N.C5H12O/c1-13(2,3)14-9-8-11-6-4-5-7-12(11)10-14;1-5(2,3)6-4/h4-7H,8-10H2,1-3H3;1-4H3. The SMILES string of the molecule is CC(C)(C)N1CCc2ccccc2C1.COC(C)(C)C. The summed E-state index contributed by atoms with van der Waals surface area (Å²) in [4.78, 5) is 2.55. The maximum Gasteiger partial charge on any atom is 0.0594 e. The number of methoxy groups -OCH3 is 1. The highest BCUT2D eigenvalue weighted by atomic mass is 16.5. The van der Waals surface area contributed by atoms with Gasteiger partial charge < -0.3 is 4.74 Å². The van der Waals surface area contributed by atoms with Crippen molar-refractivity contribution in [2.24, 2.45) is 0 Å².